The molecule has 0 aliphatic carbocycles. The second-order valence-corrected chi connectivity index (χ2v) is 16.9. The van der Waals surface area contributed by atoms with Crippen molar-refractivity contribution < 1.29 is 27.1 Å². The number of nitrogens with zero attached hydrogens (tertiary/aromatic N) is 1. The molecule has 0 aromatic heterocycles. The van der Waals surface area contributed by atoms with Crippen LogP contribution in [0.3, 0.4) is 0 Å². The number of rotatable bonds is 15. The van der Waals surface area contributed by atoms with Crippen molar-refractivity contribution in [3.8, 4) is 17.2 Å². The fraction of sp³-hybridized carbons (Fsp3) is 0.400. The lowest BCUT2D eigenvalue weighted by atomic mass is 10.2. The van der Waals surface area contributed by atoms with Crippen molar-refractivity contribution in [2.75, 3.05) is 19.8 Å². The van der Waals surface area contributed by atoms with E-state index in [9.17, 15) is 0 Å². The van der Waals surface area contributed by atoms with Gasteiger partial charge in [-0.05, 0) is 81.3 Å². The molecule has 1 aliphatic rings. The molecule has 0 amide bonds. The molecule has 3 aromatic rings. The number of nitrogens with one attached hydrogen (secondary N) is 2. The Kier molecular flexibility index (Phi) is 11.8. The maximum absolute atomic E-state index is 6.73. The Hall–Kier alpha value is -2.05. The molecule has 0 fully saturated rings. The summed E-state index contributed by atoms with van der Waals surface area (Å²) in [5.74, 6) is 1.84. The smallest absolute Gasteiger partial charge is 0.423 e. The van der Waals surface area contributed by atoms with Gasteiger partial charge in [-0.2, -0.15) is 9.05 Å². The predicted molar refractivity (Wildman–Crippen MR) is 174 cm³/mol. The molecule has 3 atom stereocenters. The molecule has 3 aromatic carbocycles. The fourth-order valence-electron chi connectivity index (χ4n) is 3.80. The maximum Gasteiger partial charge on any atom is 0.571 e. The first kappa shape index (κ1) is 32.9. The van der Waals surface area contributed by atoms with Crippen molar-refractivity contribution in [2.24, 2.45) is 4.52 Å². The van der Waals surface area contributed by atoms with Crippen molar-refractivity contribution in [3.63, 3.8) is 0 Å². The van der Waals surface area contributed by atoms with Crippen molar-refractivity contribution >= 4 is 23.7 Å². The zero-order chi connectivity index (χ0) is 30.1. The van der Waals surface area contributed by atoms with Crippen LogP contribution < -0.4 is 23.3 Å². The fourth-order valence-corrected chi connectivity index (χ4v) is 14.3. The largest absolute Gasteiger partial charge is 0.571 e. The minimum atomic E-state index is -3.35. The molecule has 9 nitrogen and oxygen atoms in total. The van der Waals surface area contributed by atoms with Gasteiger partial charge in [-0.3, -0.25) is 13.6 Å². The highest BCUT2D eigenvalue weighted by Crippen LogP contribution is 2.80. The minimum Gasteiger partial charge on any atom is -0.423 e. The van der Waals surface area contributed by atoms with E-state index in [4.69, 9.17) is 31.7 Å². The van der Waals surface area contributed by atoms with E-state index in [0.717, 1.165) is 36.0 Å². The van der Waals surface area contributed by atoms with Gasteiger partial charge in [-0.1, -0.05) is 73.9 Å². The van der Waals surface area contributed by atoms with E-state index >= 15 is 0 Å². The molecule has 1 heterocycles. The highest BCUT2D eigenvalue weighted by Gasteiger charge is 2.72. The van der Waals surface area contributed by atoms with Crippen LogP contribution in [0, 0.1) is 20.8 Å². The molecule has 3 unspecified atom stereocenters. The summed E-state index contributed by atoms with van der Waals surface area (Å²) in [6, 6.07) is 23.4. The zero-order valence-corrected chi connectivity index (χ0v) is 28.1. The summed E-state index contributed by atoms with van der Waals surface area (Å²) in [5.41, 5.74) is 3.35. The van der Waals surface area contributed by atoms with Crippen LogP contribution in [0.2, 0.25) is 0 Å². The molecule has 228 valence electrons. The predicted octanol–water partition coefficient (Wildman–Crippen LogP) is 9.92. The summed E-state index contributed by atoms with van der Waals surface area (Å²) in [7, 11) is -9.95. The van der Waals surface area contributed by atoms with Crippen molar-refractivity contribution in [1.82, 2.24) is 9.72 Å². The van der Waals surface area contributed by atoms with E-state index in [1.165, 1.54) is 0 Å². The monoisotopic (exact) mass is 635 g/mol. The van der Waals surface area contributed by atoms with Gasteiger partial charge in [-0.25, -0.2) is 0 Å². The summed E-state index contributed by atoms with van der Waals surface area (Å²) >= 11 is 0. The molecule has 2 N–H and O–H groups in total. The number of aryl methyl sites for hydroxylation is 3. The number of benzene rings is 3. The van der Waals surface area contributed by atoms with E-state index in [-0.39, 0.29) is 0 Å². The Balaban J connectivity index is 1.91. The van der Waals surface area contributed by atoms with Gasteiger partial charge >= 0.3 is 23.7 Å². The molecule has 0 bridgehead atoms. The van der Waals surface area contributed by atoms with E-state index in [1.54, 1.807) is 0 Å². The first-order valence-electron chi connectivity index (χ1n) is 14.5. The SMILES string of the molecule is CCCOP1(Oc2ccc(C)cc2)=N[P+](OCCC)(Oc2ccc(C)cc2)N[P+](OCCC)(Oc2ccc(C)cc2)N1. The van der Waals surface area contributed by atoms with Gasteiger partial charge < -0.3 is 4.52 Å². The Morgan fingerprint density at radius 1 is 0.619 bits per heavy atom. The Labute approximate surface area is 252 Å². The van der Waals surface area contributed by atoms with E-state index in [1.807, 2.05) is 114 Å². The first-order chi connectivity index (χ1) is 20.2. The minimum absolute atomic E-state index is 0.396. The van der Waals surface area contributed by atoms with Crippen LogP contribution in [0.5, 0.6) is 17.2 Å². The second-order valence-electron chi connectivity index (χ2n) is 10.1. The lowest BCUT2D eigenvalue weighted by molar-refractivity contribution is 0.257. The molecule has 0 saturated carbocycles. The van der Waals surface area contributed by atoms with Crippen LogP contribution in [-0.4, -0.2) is 19.8 Å². The molecule has 0 saturated heterocycles. The Morgan fingerprint density at radius 3 is 1.62 bits per heavy atom. The lowest BCUT2D eigenvalue weighted by Crippen LogP contribution is -2.39. The van der Waals surface area contributed by atoms with Crippen molar-refractivity contribution in [3.05, 3.63) is 89.5 Å². The van der Waals surface area contributed by atoms with Crippen molar-refractivity contribution in [2.45, 2.75) is 60.8 Å². The first-order valence-corrected chi connectivity index (χ1v) is 19.2. The molecular formula is C30H44N3O6P3+2. The molecule has 0 spiro atoms. The molecule has 4 rings (SSSR count). The van der Waals surface area contributed by atoms with Crippen molar-refractivity contribution in [1.29, 1.82) is 0 Å². The Bertz CT molecular complexity index is 1330. The molecule has 12 heteroatoms. The second kappa shape index (κ2) is 15.1. The molecule has 0 radical (unpaired) electrons. The van der Waals surface area contributed by atoms with Crippen LogP contribution in [0.25, 0.3) is 0 Å². The van der Waals surface area contributed by atoms with Crippen LogP contribution in [0.1, 0.15) is 56.7 Å². The number of hydrogen-bond donors (Lipinski definition) is 2. The van der Waals surface area contributed by atoms with E-state index in [2.05, 4.69) is 9.72 Å². The summed E-state index contributed by atoms with van der Waals surface area (Å²) in [6.07, 6.45) is 2.27. The van der Waals surface area contributed by atoms with Gasteiger partial charge in [0.05, 0.1) is 24.7 Å². The zero-order valence-electron chi connectivity index (χ0n) is 25.4. The standard InChI is InChI=1S/C30H44N3O6P3/c1-7-22-34-40(37-28-16-10-25(4)11-17-28)31-41(35-23-8-2,38-29-18-12-26(5)13-19-29)33-42(32-40,36-24-9-3)39-30-20-14-27(6)15-21-30/h10-21,31-32H,7-9,22-24H2,1-6H3/q+2. The average Bonchev–Trinajstić information content (AvgIpc) is 2.98. The van der Waals surface area contributed by atoms with Gasteiger partial charge in [0.2, 0.25) is 0 Å². The molecule has 1 aliphatic heterocycles. The van der Waals surface area contributed by atoms with Crippen LogP contribution >= 0.6 is 23.7 Å². The third kappa shape index (κ3) is 8.98. The highest BCUT2D eigenvalue weighted by atomic mass is 31.3. The number of hydrogen-bond acceptors (Lipinski definition) is 9. The average molecular weight is 636 g/mol. The highest BCUT2D eigenvalue weighted by molar-refractivity contribution is 7.88. The maximum atomic E-state index is 6.73. The van der Waals surface area contributed by atoms with Gasteiger partial charge in [0.15, 0.2) is 11.5 Å². The third-order valence-corrected chi connectivity index (χ3v) is 14.9. The van der Waals surface area contributed by atoms with Crippen LogP contribution in [0.4, 0.5) is 0 Å². The van der Waals surface area contributed by atoms with E-state index in [0.29, 0.717) is 37.1 Å². The third-order valence-electron chi connectivity index (χ3n) is 5.92. The topological polar surface area (TPSA) is 91.8 Å². The van der Waals surface area contributed by atoms with Gasteiger partial charge in [0.1, 0.15) is 5.75 Å². The molecule has 42 heavy (non-hydrogen) atoms. The lowest BCUT2D eigenvalue weighted by Gasteiger charge is -2.34. The molecular weight excluding hydrogens is 591 g/mol. The van der Waals surface area contributed by atoms with Gasteiger partial charge in [0.25, 0.3) is 0 Å². The summed E-state index contributed by atoms with van der Waals surface area (Å²) in [5, 5.41) is 0. The van der Waals surface area contributed by atoms with Gasteiger partial charge in [-0.15, -0.1) is 0 Å². The summed E-state index contributed by atoms with van der Waals surface area (Å²) in [4.78, 5) is 7.05. The quantitative estimate of drug-likeness (QED) is 0.160. The summed E-state index contributed by atoms with van der Waals surface area (Å²) in [6.45, 7) is 13.4. The Morgan fingerprint density at radius 2 is 1.10 bits per heavy atom. The van der Waals surface area contributed by atoms with Gasteiger partial charge in [0, 0.05) is 4.52 Å². The summed E-state index contributed by atoms with van der Waals surface area (Å²) < 4.78 is 45.0. The van der Waals surface area contributed by atoms with E-state index < -0.39 is 23.7 Å². The van der Waals surface area contributed by atoms with Crippen LogP contribution in [0.15, 0.2) is 77.3 Å². The normalized spacial score (nSPS) is 23.7. The van der Waals surface area contributed by atoms with Crippen LogP contribution in [-0.2, 0) is 13.6 Å².